The Balaban J connectivity index is 4.06. The molecule has 3 nitrogen and oxygen atoms in total. The van der Waals surface area contributed by atoms with Crippen molar-refractivity contribution in [2.24, 2.45) is 4.90 Å². The average molecular weight is 164 g/mol. The van der Waals surface area contributed by atoms with E-state index in [-0.39, 0.29) is 12.5 Å². The number of carbonyl (C=O) groups excluding carboxylic acids is 1. The Labute approximate surface area is 73.9 Å². The molecule has 64 valence electrons. The van der Waals surface area contributed by atoms with Crippen LogP contribution in [0.5, 0.6) is 0 Å². The number of hydrogen-bond donors (Lipinski definition) is 0. The van der Waals surface area contributed by atoms with Crippen molar-refractivity contribution < 1.29 is 4.79 Å². The van der Waals surface area contributed by atoms with Crippen LogP contribution in [0.2, 0.25) is 0 Å². The van der Waals surface area contributed by atoms with Crippen LogP contribution in [-0.2, 0) is 4.79 Å². The molecule has 0 spiro atoms. The summed E-state index contributed by atoms with van der Waals surface area (Å²) in [6.07, 6.45) is 3.34. The van der Waals surface area contributed by atoms with Crippen LogP contribution in [0.1, 0.15) is 0 Å². The predicted molar refractivity (Wildman–Crippen MR) is 51.4 cm³/mol. The summed E-state index contributed by atoms with van der Waals surface area (Å²) in [7, 11) is 3.25. The second kappa shape index (κ2) is 6.52. The topological polar surface area (TPSA) is 32.7 Å². The van der Waals surface area contributed by atoms with E-state index in [0.717, 1.165) is 0 Å². The summed E-state index contributed by atoms with van der Waals surface area (Å²) < 4.78 is 0. The molecule has 0 aromatic rings. The zero-order valence-corrected chi connectivity index (χ0v) is 7.20. The Morgan fingerprint density at radius 2 is 1.92 bits per heavy atom. The molecular weight excluding hydrogens is 151 g/mol. The van der Waals surface area contributed by atoms with E-state index < -0.39 is 0 Å². The average Bonchev–Trinajstić information content (AvgIpc) is 2.04. The van der Waals surface area contributed by atoms with Crippen molar-refractivity contribution in [1.29, 1.82) is 0 Å². The second-order valence-electron chi connectivity index (χ2n) is 2.26. The first kappa shape index (κ1) is 10.8. The van der Waals surface area contributed by atoms with Gasteiger partial charge in [-0.1, -0.05) is 0 Å². The van der Waals surface area contributed by atoms with Gasteiger partial charge in [0.1, 0.15) is 0 Å². The molecule has 0 fully saturated rings. The van der Waals surface area contributed by atoms with Crippen LogP contribution in [0, 0.1) is 0 Å². The third-order valence-electron chi connectivity index (χ3n) is 1.30. The van der Waals surface area contributed by atoms with Gasteiger partial charge in [-0.15, -0.1) is 0 Å². The van der Waals surface area contributed by atoms with E-state index in [0.29, 0.717) is 13.1 Å². The summed E-state index contributed by atoms with van der Waals surface area (Å²) in [5, 5.41) is 0. The fourth-order valence-electron chi connectivity index (χ4n) is 0.785. The van der Waals surface area contributed by atoms with Gasteiger partial charge < -0.3 is 0 Å². The molecule has 0 saturated carbocycles. The van der Waals surface area contributed by atoms with Crippen molar-refractivity contribution in [3.8, 4) is 0 Å². The second-order valence-corrected chi connectivity index (χ2v) is 2.26. The van der Waals surface area contributed by atoms with E-state index in [4.69, 9.17) is 0 Å². The Bertz CT molecular complexity index is 181. The van der Waals surface area contributed by atoms with Crippen LogP contribution in [0.3, 0.4) is 0 Å². The Morgan fingerprint density at radius 3 is 2.25 bits per heavy atom. The van der Waals surface area contributed by atoms with Gasteiger partial charge in [-0.3, -0.25) is 0 Å². The molecule has 12 heavy (non-hydrogen) atoms. The number of amides is 1. The molecule has 0 aliphatic heterocycles. The summed E-state index contributed by atoms with van der Waals surface area (Å²) in [4.78, 5) is 16.3. The van der Waals surface area contributed by atoms with Gasteiger partial charge in [0.2, 0.25) is 0 Å². The number of carbonyl (C=O) groups is 1. The molecule has 0 heterocycles. The number of hydrogen-bond acceptors (Lipinski definition) is 2. The molecule has 0 atom stereocenters. The maximum atomic E-state index is 11.2. The first-order valence-electron chi connectivity index (χ1n) is 3.68. The first-order valence-corrected chi connectivity index (χ1v) is 3.68. The summed E-state index contributed by atoms with van der Waals surface area (Å²) in [5.74, 6) is -0.0511. The summed E-state index contributed by atoms with van der Waals surface area (Å²) >= 11 is 0. The van der Waals surface area contributed by atoms with Gasteiger partial charge in [0.25, 0.3) is 0 Å². The maximum absolute atomic E-state index is 11.2. The van der Waals surface area contributed by atoms with Gasteiger partial charge in [0.05, 0.1) is 0 Å². The third kappa shape index (κ3) is 3.86. The molecule has 0 bridgehead atoms. The molecule has 0 N–H and O–H groups in total. The van der Waals surface area contributed by atoms with Gasteiger partial charge in [0, 0.05) is 0 Å². The van der Waals surface area contributed by atoms with Crippen LogP contribution >= 0.6 is 0 Å². The van der Waals surface area contributed by atoms with E-state index in [2.05, 4.69) is 25.7 Å². The number of nitrogens with zero attached hydrogens (tertiary/aromatic N) is 2. The van der Waals surface area contributed by atoms with E-state index in [1.165, 1.54) is 0 Å². The minimum atomic E-state index is -0.0511. The van der Waals surface area contributed by atoms with Crippen molar-refractivity contribution in [3.63, 3.8) is 0 Å². The summed E-state index contributed by atoms with van der Waals surface area (Å²) in [6, 6.07) is 0. The monoisotopic (exact) mass is 164 g/mol. The minimum absolute atomic E-state index is 0.0511. The molecule has 0 aliphatic rings. The van der Waals surface area contributed by atoms with E-state index in [1.807, 2.05) is 0 Å². The van der Waals surface area contributed by atoms with Gasteiger partial charge in [-0.05, 0) is 0 Å². The van der Waals surface area contributed by atoms with Crippen molar-refractivity contribution in [2.75, 3.05) is 19.6 Å². The van der Waals surface area contributed by atoms with Gasteiger partial charge in [0.15, 0.2) is 0 Å². The van der Waals surface area contributed by atoms with Crippen LogP contribution in [0.4, 0.5) is 0 Å². The summed E-state index contributed by atoms with van der Waals surface area (Å²) in [6.45, 7) is 8.28. The SMILES string of the molecule is B=NCC(=O)N(CC=C)CC=C. The normalized spacial score (nSPS) is 8.58. The van der Waals surface area contributed by atoms with Crippen LogP contribution in [0.25, 0.3) is 0 Å². The molecule has 0 radical (unpaired) electrons. The van der Waals surface area contributed by atoms with Crippen LogP contribution < -0.4 is 0 Å². The Kier molecular flexibility index (Phi) is 5.88. The molecule has 1 amide bonds. The zero-order chi connectivity index (χ0) is 9.40. The zero-order valence-electron chi connectivity index (χ0n) is 7.20. The predicted octanol–water partition coefficient (Wildman–Crippen LogP) is 0.271. The molecule has 0 aromatic carbocycles. The van der Waals surface area contributed by atoms with E-state index in [1.54, 1.807) is 17.1 Å². The third-order valence-corrected chi connectivity index (χ3v) is 1.30. The van der Waals surface area contributed by atoms with E-state index in [9.17, 15) is 4.79 Å². The quantitative estimate of drug-likeness (QED) is 0.409. The molecule has 0 rings (SSSR count). The molecule has 0 saturated heterocycles. The van der Waals surface area contributed by atoms with Gasteiger partial charge in [-0.2, -0.15) is 0 Å². The van der Waals surface area contributed by atoms with Crippen LogP contribution in [0.15, 0.2) is 30.2 Å². The van der Waals surface area contributed by atoms with Gasteiger partial charge >= 0.3 is 73.1 Å². The first-order chi connectivity index (χ1) is 5.76. The van der Waals surface area contributed by atoms with E-state index >= 15 is 0 Å². The van der Waals surface area contributed by atoms with Crippen molar-refractivity contribution in [2.45, 2.75) is 0 Å². The molecular formula is C8H13BN2O. The molecule has 0 unspecified atom stereocenters. The van der Waals surface area contributed by atoms with Crippen molar-refractivity contribution in [3.05, 3.63) is 25.3 Å². The Hall–Kier alpha value is -1.19. The fraction of sp³-hybridized carbons (Fsp3) is 0.375. The standard InChI is InChI=1S/C8H13BN2O/c1-3-5-11(6-4-2)8(12)7-10-9/h3-4,9H,1-2,5-7H2. The molecule has 4 heteroatoms. The number of rotatable bonds is 6. The van der Waals surface area contributed by atoms with Crippen molar-refractivity contribution in [1.82, 2.24) is 4.90 Å². The van der Waals surface area contributed by atoms with Crippen LogP contribution in [-0.4, -0.2) is 38.1 Å². The Morgan fingerprint density at radius 1 is 1.42 bits per heavy atom. The summed E-state index contributed by atoms with van der Waals surface area (Å²) in [5.41, 5.74) is 0. The van der Waals surface area contributed by atoms with Gasteiger partial charge in [-0.25, -0.2) is 0 Å². The molecule has 0 aliphatic carbocycles. The van der Waals surface area contributed by atoms with Crippen molar-refractivity contribution >= 4 is 13.5 Å². The molecule has 0 aromatic heterocycles. The fourth-order valence-corrected chi connectivity index (χ4v) is 0.785.